The molecule has 0 atom stereocenters. The smallest absolute Gasteiger partial charge is 0.317 e. The van der Waals surface area contributed by atoms with E-state index in [2.05, 4.69) is 41.7 Å². The Labute approximate surface area is 155 Å². The van der Waals surface area contributed by atoms with Gasteiger partial charge in [0.15, 0.2) is 0 Å². The topological polar surface area (TPSA) is 32.3 Å². The Morgan fingerprint density at radius 1 is 0.846 bits per heavy atom. The molecule has 26 heavy (non-hydrogen) atoms. The molecule has 0 spiro atoms. The van der Waals surface area contributed by atoms with Crippen LogP contribution in [0, 0.1) is 0 Å². The van der Waals surface area contributed by atoms with Crippen LogP contribution in [0.2, 0.25) is 0 Å². The molecule has 2 amide bonds. The Morgan fingerprint density at radius 3 is 2.19 bits per heavy atom. The Morgan fingerprint density at radius 2 is 1.46 bits per heavy atom. The predicted molar refractivity (Wildman–Crippen MR) is 107 cm³/mol. The quantitative estimate of drug-likeness (QED) is 0.688. The molecule has 0 aliphatic heterocycles. The molecule has 0 aliphatic rings. The van der Waals surface area contributed by atoms with Gasteiger partial charge in [0.1, 0.15) is 0 Å². The fourth-order valence-electron chi connectivity index (χ4n) is 2.98. The monoisotopic (exact) mass is 344 g/mol. The summed E-state index contributed by atoms with van der Waals surface area (Å²) < 4.78 is 0. The molecule has 0 fully saturated rings. The molecule has 0 radical (unpaired) electrons. The SMILES string of the molecule is CN(Cc1ccccc1-c1ccccc1)C(=O)NCCc1ccccc1. The van der Waals surface area contributed by atoms with Crippen molar-refractivity contribution in [2.24, 2.45) is 0 Å². The number of nitrogens with one attached hydrogen (secondary N) is 1. The van der Waals surface area contributed by atoms with Crippen molar-refractivity contribution >= 4 is 6.03 Å². The second-order valence-electron chi connectivity index (χ2n) is 6.35. The van der Waals surface area contributed by atoms with Crippen LogP contribution >= 0.6 is 0 Å². The molecule has 0 saturated carbocycles. The van der Waals surface area contributed by atoms with E-state index < -0.39 is 0 Å². The van der Waals surface area contributed by atoms with E-state index in [1.807, 2.05) is 55.6 Å². The third kappa shape index (κ3) is 4.73. The molecule has 0 bridgehead atoms. The molecule has 3 nitrogen and oxygen atoms in total. The molecule has 3 heteroatoms. The molecule has 3 rings (SSSR count). The number of amides is 2. The molecular weight excluding hydrogens is 320 g/mol. The summed E-state index contributed by atoms with van der Waals surface area (Å²) >= 11 is 0. The van der Waals surface area contributed by atoms with Gasteiger partial charge in [0.05, 0.1) is 0 Å². The number of carbonyl (C=O) groups excluding carboxylic acids is 1. The number of nitrogens with zero attached hydrogens (tertiary/aromatic N) is 1. The van der Waals surface area contributed by atoms with Crippen LogP contribution in [0.1, 0.15) is 11.1 Å². The highest BCUT2D eigenvalue weighted by molar-refractivity contribution is 5.74. The molecule has 1 N–H and O–H groups in total. The molecule has 0 aromatic heterocycles. The second-order valence-corrected chi connectivity index (χ2v) is 6.35. The first-order chi connectivity index (χ1) is 12.7. The van der Waals surface area contributed by atoms with E-state index in [4.69, 9.17) is 0 Å². The number of hydrogen-bond acceptors (Lipinski definition) is 1. The minimum atomic E-state index is -0.0520. The van der Waals surface area contributed by atoms with Gasteiger partial charge in [-0.25, -0.2) is 4.79 Å². The lowest BCUT2D eigenvalue weighted by atomic mass is 9.99. The van der Waals surface area contributed by atoms with Crippen LogP contribution in [-0.4, -0.2) is 24.5 Å². The summed E-state index contributed by atoms with van der Waals surface area (Å²) in [6, 6.07) is 28.6. The van der Waals surface area contributed by atoms with Gasteiger partial charge in [-0.3, -0.25) is 0 Å². The summed E-state index contributed by atoms with van der Waals surface area (Å²) in [5.41, 5.74) is 4.70. The Kier molecular flexibility index (Phi) is 6.05. The molecule has 0 saturated heterocycles. The van der Waals surface area contributed by atoms with Gasteiger partial charge in [0.2, 0.25) is 0 Å². The molecule has 0 unspecified atom stereocenters. The van der Waals surface area contributed by atoms with E-state index in [9.17, 15) is 4.79 Å². The Balaban J connectivity index is 1.59. The summed E-state index contributed by atoms with van der Waals surface area (Å²) in [6.45, 7) is 1.20. The number of rotatable bonds is 6. The predicted octanol–water partition coefficient (Wildman–Crippen LogP) is 4.74. The van der Waals surface area contributed by atoms with Crippen LogP contribution in [0.4, 0.5) is 4.79 Å². The van der Waals surface area contributed by atoms with Crippen molar-refractivity contribution in [3.05, 3.63) is 96.1 Å². The maximum Gasteiger partial charge on any atom is 0.317 e. The third-order valence-corrected chi connectivity index (χ3v) is 4.39. The van der Waals surface area contributed by atoms with Crippen LogP contribution in [-0.2, 0) is 13.0 Å². The summed E-state index contributed by atoms with van der Waals surface area (Å²) in [7, 11) is 1.83. The average Bonchev–Trinajstić information content (AvgIpc) is 2.70. The first kappa shape index (κ1) is 17.7. The van der Waals surface area contributed by atoms with Gasteiger partial charge in [-0.2, -0.15) is 0 Å². The van der Waals surface area contributed by atoms with E-state index in [-0.39, 0.29) is 6.03 Å². The van der Waals surface area contributed by atoms with Gasteiger partial charge < -0.3 is 10.2 Å². The van der Waals surface area contributed by atoms with Gasteiger partial charge in [0.25, 0.3) is 0 Å². The molecule has 0 heterocycles. The largest absolute Gasteiger partial charge is 0.338 e. The first-order valence-electron chi connectivity index (χ1n) is 8.90. The van der Waals surface area contributed by atoms with E-state index in [0.29, 0.717) is 13.1 Å². The zero-order valence-corrected chi connectivity index (χ0v) is 15.1. The van der Waals surface area contributed by atoms with Crippen molar-refractivity contribution < 1.29 is 4.79 Å². The van der Waals surface area contributed by atoms with Crippen molar-refractivity contribution in [3.63, 3.8) is 0 Å². The molecular formula is C23H24N2O. The highest BCUT2D eigenvalue weighted by atomic mass is 16.2. The normalized spacial score (nSPS) is 10.3. The van der Waals surface area contributed by atoms with Gasteiger partial charge in [-0.1, -0.05) is 84.9 Å². The average molecular weight is 344 g/mol. The van der Waals surface area contributed by atoms with Gasteiger partial charge in [-0.05, 0) is 28.7 Å². The summed E-state index contributed by atoms with van der Waals surface area (Å²) in [4.78, 5) is 14.1. The maximum absolute atomic E-state index is 12.4. The first-order valence-corrected chi connectivity index (χ1v) is 8.90. The third-order valence-electron chi connectivity index (χ3n) is 4.39. The number of urea groups is 1. The van der Waals surface area contributed by atoms with Crippen molar-refractivity contribution in [1.29, 1.82) is 0 Å². The van der Waals surface area contributed by atoms with Crippen LogP contribution in [0.25, 0.3) is 11.1 Å². The lowest BCUT2D eigenvalue weighted by Gasteiger charge is -2.20. The lowest BCUT2D eigenvalue weighted by Crippen LogP contribution is -2.37. The van der Waals surface area contributed by atoms with E-state index in [1.54, 1.807) is 4.90 Å². The summed E-state index contributed by atoms with van der Waals surface area (Å²) in [5.74, 6) is 0. The van der Waals surface area contributed by atoms with Crippen LogP contribution in [0.3, 0.4) is 0 Å². The van der Waals surface area contributed by atoms with Crippen LogP contribution < -0.4 is 5.32 Å². The summed E-state index contributed by atoms with van der Waals surface area (Å²) in [6.07, 6.45) is 0.834. The van der Waals surface area contributed by atoms with Crippen LogP contribution in [0.5, 0.6) is 0 Å². The Bertz CT molecular complexity index is 831. The standard InChI is InChI=1S/C23H24N2O/c1-25(23(26)24-17-16-19-10-4-2-5-11-19)18-21-14-8-9-15-22(21)20-12-6-3-7-13-20/h2-15H,16-18H2,1H3,(H,24,26). The maximum atomic E-state index is 12.4. The van der Waals surface area contributed by atoms with E-state index in [1.165, 1.54) is 11.1 Å². The van der Waals surface area contributed by atoms with E-state index >= 15 is 0 Å². The lowest BCUT2D eigenvalue weighted by molar-refractivity contribution is 0.207. The van der Waals surface area contributed by atoms with Gasteiger partial charge in [-0.15, -0.1) is 0 Å². The zero-order chi connectivity index (χ0) is 18.2. The minimum Gasteiger partial charge on any atom is -0.338 e. The highest BCUT2D eigenvalue weighted by Gasteiger charge is 2.11. The number of hydrogen-bond donors (Lipinski definition) is 1. The Hall–Kier alpha value is -3.07. The van der Waals surface area contributed by atoms with Crippen molar-refractivity contribution in [2.45, 2.75) is 13.0 Å². The molecule has 0 aliphatic carbocycles. The summed E-state index contributed by atoms with van der Waals surface area (Å²) in [5, 5.41) is 3.00. The molecule has 3 aromatic carbocycles. The van der Waals surface area contributed by atoms with Gasteiger partial charge in [0, 0.05) is 20.1 Å². The van der Waals surface area contributed by atoms with Crippen molar-refractivity contribution in [3.8, 4) is 11.1 Å². The highest BCUT2D eigenvalue weighted by Crippen LogP contribution is 2.24. The zero-order valence-electron chi connectivity index (χ0n) is 15.1. The second kappa shape index (κ2) is 8.86. The number of carbonyl (C=O) groups is 1. The fourth-order valence-corrected chi connectivity index (χ4v) is 2.98. The van der Waals surface area contributed by atoms with Gasteiger partial charge >= 0.3 is 6.03 Å². The van der Waals surface area contributed by atoms with E-state index in [0.717, 1.165) is 17.5 Å². The minimum absolute atomic E-state index is 0.0520. The number of benzene rings is 3. The molecule has 132 valence electrons. The van der Waals surface area contributed by atoms with Crippen molar-refractivity contribution in [1.82, 2.24) is 10.2 Å². The molecule has 3 aromatic rings. The fraction of sp³-hybridized carbons (Fsp3) is 0.174. The van der Waals surface area contributed by atoms with Crippen LogP contribution in [0.15, 0.2) is 84.9 Å². The van der Waals surface area contributed by atoms with Crippen molar-refractivity contribution in [2.75, 3.05) is 13.6 Å².